The van der Waals surface area contributed by atoms with Crippen molar-refractivity contribution >= 4 is 5.91 Å². The van der Waals surface area contributed by atoms with Gasteiger partial charge < -0.3 is 10.2 Å². The van der Waals surface area contributed by atoms with E-state index in [-0.39, 0.29) is 11.7 Å². The highest BCUT2D eigenvalue weighted by Gasteiger charge is 2.22. The first kappa shape index (κ1) is 14.0. The van der Waals surface area contributed by atoms with Gasteiger partial charge in [0.05, 0.1) is 6.42 Å². The molecule has 0 saturated carbocycles. The zero-order chi connectivity index (χ0) is 13.8. The first-order valence-corrected chi connectivity index (χ1v) is 6.80. The zero-order valence-corrected chi connectivity index (χ0v) is 11.6. The number of nitrogens with one attached hydrogen (secondary N) is 1. The van der Waals surface area contributed by atoms with E-state index in [1.54, 1.807) is 6.07 Å². The van der Waals surface area contributed by atoms with Crippen molar-refractivity contribution in [3.63, 3.8) is 0 Å². The summed E-state index contributed by atoms with van der Waals surface area (Å²) in [4.78, 5) is 14.1. The standard InChI is InChI=1S/C15H21FN2O/c1-11-3-4-13(16)9-12(11)10-15(19)18-7-5-14(17-2)6-8-18/h3-4,9,14,17H,5-8,10H2,1-2H3. The van der Waals surface area contributed by atoms with E-state index < -0.39 is 0 Å². The molecular formula is C15H21FN2O. The van der Waals surface area contributed by atoms with Crippen molar-refractivity contribution in [2.75, 3.05) is 20.1 Å². The highest BCUT2D eigenvalue weighted by atomic mass is 19.1. The molecule has 1 aromatic carbocycles. The Labute approximate surface area is 113 Å². The number of hydrogen-bond acceptors (Lipinski definition) is 2. The van der Waals surface area contributed by atoms with E-state index in [0.717, 1.165) is 37.1 Å². The van der Waals surface area contributed by atoms with Crippen LogP contribution in [0.1, 0.15) is 24.0 Å². The lowest BCUT2D eigenvalue weighted by Crippen LogP contribution is -2.44. The fraction of sp³-hybridized carbons (Fsp3) is 0.533. The molecule has 0 bridgehead atoms. The van der Waals surface area contributed by atoms with Gasteiger partial charge in [0.15, 0.2) is 0 Å². The van der Waals surface area contributed by atoms with Crippen LogP contribution in [0.25, 0.3) is 0 Å². The summed E-state index contributed by atoms with van der Waals surface area (Å²) >= 11 is 0. The second-order valence-corrected chi connectivity index (χ2v) is 5.19. The molecule has 1 aromatic rings. The average molecular weight is 264 g/mol. The summed E-state index contributed by atoms with van der Waals surface area (Å²) in [5.41, 5.74) is 1.76. The molecule has 0 aliphatic carbocycles. The third-order valence-electron chi connectivity index (χ3n) is 3.91. The fourth-order valence-electron chi connectivity index (χ4n) is 2.52. The lowest BCUT2D eigenvalue weighted by molar-refractivity contribution is -0.131. The lowest BCUT2D eigenvalue weighted by Gasteiger charge is -2.32. The lowest BCUT2D eigenvalue weighted by atomic mass is 10.0. The maximum absolute atomic E-state index is 13.2. The van der Waals surface area contributed by atoms with Crippen molar-refractivity contribution in [3.8, 4) is 0 Å². The molecule has 0 aromatic heterocycles. The highest BCUT2D eigenvalue weighted by Crippen LogP contribution is 2.15. The molecule has 2 rings (SSSR count). The number of carbonyl (C=O) groups is 1. The van der Waals surface area contributed by atoms with Crippen LogP contribution in [0.3, 0.4) is 0 Å². The number of likely N-dealkylation sites (tertiary alicyclic amines) is 1. The third-order valence-corrected chi connectivity index (χ3v) is 3.91. The summed E-state index contributed by atoms with van der Waals surface area (Å²) in [7, 11) is 1.96. The minimum atomic E-state index is -0.276. The Balaban J connectivity index is 1.96. The largest absolute Gasteiger partial charge is 0.342 e. The predicted octanol–water partition coefficient (Wildman–Crippen LogP) is 1.89. The second kappa shape index (κ2) is 6.15. The molecule has 1 N–H and O–H groups in total. The van der Waals surface area contributed by atoms with Gasteiger partial charge in [-0.1, -0.05) is 6.07 Å². The Kier molecular flexibility index (Phi) is 4.53. The van der Waals surface area contributed by atoms with E-state index >= 15 is 0 Å². The summed E-state index contributed by atoms with van der Waals surface area (Å²) in [6, 6.07) is 5.14. The van der Waals surface area contributed by atoms with Gasteiger partial charge in [-0.15, -0.1) is 0 Å². The molecule has 1 amide bonds. The molecule has 0 spiro atoms. The number of benzene rings is 1. The Hall–Kier alpha value is -1.42. The monoisotopic (exact) mass is 264 g/mol. The predicted molar refractivity (Wildman–Crippen MR) is 73.5 cm³/mol. The van der Waals surface area contributed by atoms with Crippen molar-refractivity contribution < 1.29 is 9.18 Å². The van der Waals surface area contributed by atoms with Crippen LogP contribution >= 0.6 is 0 Å². The van der Waals surface area contributed by atoms with Crippen LogP contribution in [0.4, 0.5) is 4.39 Å². The van der Waals surface area contributed by atoms with Gasteiger partial charge in [0, 0.05) is 19.1 Å². The second-order valence-electron chi connectivity index (χ2n) is 5.19. The number of rotatable bonds is 3. The maximum atomic E-state index is 13.2. The van der Waals surface area contributed by atoms with Gasteiger partial charge in [-0.05, 0) is 50.1 Å². The Bertz CT molecular complexity index is 453. The highest BCUT2D eigenvalue weighted by molar-refractivity contribution is 5.79. The smallest absolute Gasteiger partial charge is 0.227 e. The zero-order valence-electron chi connectivity index (χ0n) is 11.6. The molecule has 1 fully saturated rings. The van der Waals surface area contributed by atoms with Crippen molar-refractivity contribution in [2.24, 2.45) is 0 Å². The normalized spacial score (nSPS) is 16.7. The number of halogens is 1. The number of piperidine rings is 1. The molecule has 1 aliphatic heterocycles. The minimum absolute atomic E-state index is 0.100. The number of carbonyl (C=O) groups excluding carboxylic acids is 1. The van der Waals surface area contributed by atoms with Gasteiger partial charge in [-0.3, -0.25) is 4.79 Å². The van der Waals surface area contributed by atoms with Crippen LogP contribution in [0, 0.1) is 12.7 Å². The molecule has 0 unspecified atom stereocenters. The third kappa shape index (κ3) is 3.53. The van der Waals surface area contributed by atoms with Crippen molar-refractivity contribution in [1.29, 1.82) is 0 Å². The Morgan fingerprint density at radius 3 is 2.74 bits per heavy atom. The van der Waals surface area contributed by atoms with Gasteiger partial charge in [0.1, 0.15) is 5.82 Å². The van der Waals surface area contributed by atoms with Crippen LogP contribution in [0.15, 0.2) is 18.2 Å². The van der Waals surface area contributed by atoms with E-state index in [4.69, 9.17) is 0 Å². The van der Waals surface area contributed by atoms with Gasteiger partial charge in [-0.25, -0.2) is 4.39 Å². The summed E-state index contributed by atoms with van der Waals surface area (Å²) in [5.74, 6) is -0.175. The van der Waals surface area contributed by atoms with Gasteiger partial charge in [0.25, 0.3) is 0 Å². The molecule has 1 heterocycles. The average Bonchev–Trinajstić information content (AvgIpc) is 2.43. The van der Waals surface area contributed by atoms with Gasteiger partial charge >= 0.3 is 0 Å². The van der Waals surface area contributed by atoms with E-state index in [0.29, 0.717) is 12.5 Å². The van der Waals surface area contributed by atoms with Crippen LogP contribution in [0.2, 0.25) is 0 Å². The number of hydrogen-bond donors (Lipinski definition) is 1. The van der Waals surface area contributed by atoms with Crippen molar-refractivity contribution in [1.82, 2.24) is 10.2 Å². The van der Waals surface area contributed by atoms with Crippen molar-refractivity contribution in [2.45, 2.75) is 32.2 Å². The molecular weight excluding hydrogens is 243 g/mol. The van der Waals surface area contributed by atoms with Crippen LogP contribution in [0.5, 0.6) is 0 Å². The maximum Gasteiger partial charge on any atom is 0.227 e. The summed E-state index contributed by atoms with van der Waals surface area (Å²) < 4.78 is 13.2. The van der Waals surface area contributed by atoms with Crippen molar-refractivity contribution in [3.05, 3.63) is 35.1 Å². The molecule has 104 valence electrons. The molecule has 19 heavy (non-hydrogen) atoms. The van der Waals surface area contributed by atoms with E-state index in [2.05, 4.69) is 5.32 Å². The van der Waals surface area contributed by atoms with Gasteiger partial charge in [0.2, 0.25) is 5.91 Å². The van der Waals surface area contributed by atoms with E-state index in [9.17, 15) is 9.18 Å². The van der Waals surface area contributed by atoms with Gasteiger partial charge in [-0.2, -0.15) is 0 Å². The molecule has 1 saturated heterocycles. The quantitative estimate of drug-likeness (QED) is 0.904. The molecule has 0 radical (unpaired) electrons. The molecule has 4 heteroatoms. The number of amides is 1. The number of aryl methyl sites for hydroxylation is 1. The molecule has 1 aliphatic rings. The number of nitrogens with zero attached hydrogens (tertiary/aromatic N) is 1. The summed E-state index contributed by atoms with van der Waals surface area (Å²) in [6.45, 7) is 3.49. The first-order chi connectivity index (χ1) is 9.10. The van der Waals surface area contributed by atoms with Crippen LogP contribution < -0.4 is 5.32 Å². The molecule has 0 atom stereocenters. The topological polar surface area (TPSA) is 32.3 Å². The summed E-state index contributed by atoms with van der Waals surface area (Å²) in [6.07, 6.45) is 2.28. The SMILES string of the molecule is CNC1CCN(C(=O)Cc2cc(F)ccc2C)CC1. The minimum Gasteiger partial charge on any atom is -0.342 e. The Morgan fingerprint density at radius 2 is 2.11 bits per heavy atom. The van der Waals surface area contributed by atoms with Crippen LogP contribution in [-0.2, 0) is 11.2 Å². The van der Waals surface area contributed by atoms with E-state index in [1.165, 1.54) is 12.1 Å². The van der Waals surface area contributed by atoms with Crippen LogP contribution in [-0.4, -0.2) is 37.0 Å². The first-order valence-electron chi connectivity index (χ1n) is 6.80. The Morgan fingerprint density at radius 1 is 1.42 bits per heavy atom. The van der Waals surface area contributed by atoms with E-state index in [1.807, 2.05) is 18.9 Å². The summed E-state index contributed by atoms with van der Waals surface area (Å²) in [5, 5.41) is 3.24. The molecule has 3 nitrogen and oxygen atoms in total. The fourth-order valence-corrected chi connectivity index (χ4v) is 2.52.